The van der Waals surface area contributed by atoms with Gasteiger partial charge in [0.2, 0.25) is 0 Å². The van der Waals surface area contributed by atoms with Gasteiger partial charge in [-0.1, -0.05) is 0 Å². The Morgan fingerprint density at radius 1 is 1.44 bits per heavy atom. The van der Waals surface area contributed by atoms with Crippen molar-refractivity contribution < 1.29 is 4.74 Å². The Hall–Kier alpha value is -0.870. The molecule has 1 heterocycles. The number of hydrogen-bond donors (Lipinski definition) is 1. The lowest BCUT2D eigenvalue weighted by atomic mass is 9.80. The highest BCUT2D eigenvalue weighted by atomic mass is 16.5. The van der Waals surface area contributed by atoms with Gasteiger partial charge in [0.05, 0.1) is 17.3 Å². The maximum absolute atomic E-state index is 5.59. The fraction of sp³-hybridized carbons (Fsp3) is 0.786. The number of aromatic nitrogens is 2. The summed E-state index contributed by atoms with van der Waals surface area (Å²) in [6.07, 6.45) is 7.71. The molecule has 1 aliphatic rings. The number of ether oxygens (including phenoxy) is 1. The van der Waals surface area contributed by atoms with E-state index in [0.29, 0.717) is 0 Å². The van der Waals surface area contributed by atoms with E-state index < -0.39 is 0 Å². The van der Waals surface area contributed by atoms with E-state index in [1.807, 2.05) is 18.0 Å². The Morgan fingerprint density at radius 3 is 2.61 bits per heavy atom. The van der Waals surface area contributed by atoms with E-state index in [-0.39, 0.29) is 11.1 Å². The van der Waals surface area contributed by atoms with Crippen molar-refractivity contribution in [2.45, 2.75) is 57.7 Å². The number of rotatable bonds is 5. The SMILES string of the molecule is COC1(CNCc2cnn(C(C)(C)C)c2)CCC1. The topological polar surface area (TPSA) is 39.1 Å². The van der Waals surface area contributed by atoms with Gasteiger partial charge in [0.25, 0.3) is 0 Å². The minimum atomic E-state index is 0.0555. The lowest BCUT2D eigenvalue weighted by Gasteiger charge is -2.40. The standard InChI is InChI=1S/C14H25N3O/c1-13(2,3)17-10-12(9-16-17)8-15-11-14(18-4)6-5-7-14/h9-10,15H,5-8,11H2,1-4H3. The van der Waals surface area contributed by atoms with Crippen LogP contribution in [0.1, 0.15) is 45.6 Å². The largest absolute Gasteiger partial charge is 0.377 e. The third-order valence-electron chi connectivity index (χ3n) is 3.80. The number of nitrogens with zero attached hydrogens (tertiary/aromatic N) is 2. The van der Waals surface area contributed by atoms with Crippen molar-refractivity contribution in [1.29, 1.82) is 0 Å². The van der Waals surface area contributed by atoms with E-state index in [0.717, 1.165) is 13.1 Å². The second kappa shape index (κ2) is 5.02. The highest BCUT2D eigenvalue weighted by Crippen LogP contribution is 2.34. The summed E-state index contributed by atoms with van der Waals surface area (Å²) in [6, 6.07) is 0. The average Bonchev–Trinajstić information content (AvgIpc) is 2.70. The summed E-state index contributed by atoms with van der Waals surface area (Å²) >= 11 is 0. The van der Waals surface area contributed by atoms with Crippen LogP contribution in [0.3, 0.4) is 0 Å². The highest BCUT2D eigenvalue weighted by Gasteiger charge is 2.36. The first-order valence-electron chi connectivity index (χ1n) is 6.75. The molecule has 0 aliphatic heterocycles. The predicted molar refractivity (Wildman–Crippen MR) is 72.5 cm³/mol. The Bertz CT molecular complexity index is 382. The molecular formula is C14H25N3O. The van der Waals surface area contributed by atoms with Crippen molar-refractivity contribution in [2.24, 2.45) is 0 Å². The second-order valence-corrected chi connectivity index (χ2v) is 6.31. The smallest absolute Gasteiger partial charge is 0.0802 e. The molecule has 2 rings (SSSR count). The molecule has 102 valence electrons. The molecule has 1 aromatic heterocycles. The molecule has 0 radical (unpaired) electrons. The summed E-state index contributed by atoms with van der Waals surface area (Å²) in [6.45, 7) is 8.27. The second-order valence-electron chi connectivity index (χ2n) is 6.31. The van der Waals surface area contributed by atoms with E-state index in [9.17, 15) is 0 Å². The summed E-state index contributed by atoms with van der Waals surface area (Å²) in [4.78, 5) is 0. The van der Waals surface area contributed by atoms with Crippen molar-refractivity contribution in [3.63, 3.8) is 0 Å². The molecular weight excluding hydrogens is 226 g/mol. The van der Waals surface area contributed by atoms with Crippen LogP contribution in [0.15, 0.2) is 12.4 Å². The molecule has 1 saturated carbocycles. The van der Waals surface area contributed by atoms with Crippen LogP contribution in [0.5, 0.6) is 0 Å². The zero-order valence-corrected chi connectivity index (χ0v) is 12.0. The van der Waals surface area contributed by atoms with Gasteiger partial charge in [-0.3, -0.25) is 4.68 Å². The van der Waals surface area contributed by atoms with Gasteiger partial charge < -0.3 is 10.1 Å². The van der Waals surface area contributed by atoms with Crippen LogP contribution in [-0.4, -0.2) is 29.0 Å². The third kappa shape index (κ3) is 2.93. The third-order valence-corrected chi connectivity index (χ3v) is 3.80. The first kappa shape index (κ1) is 13.6. The Balaban J connectivity index is 1.82. The molecule has 4 heteroatoms. The number of nitrogens with one attached hydrogen (secondary N) is 1. The molecule has 1 fully saturated rings. The Labute approximate surface area is 110 Å². The van der Waals surface area contributed by atoms with Gasteiger partial charge in [-0.15, -0.1) is 0 Å². The van der Waals surface area contributed by atoms with Gasteiger partial charge in [0.15, 0.2) is 0 Å². The molecule has 0 atom stereocenters. The summed E-state index contributed by atoms with van der Waals surface area (Å²) in [5.74, 6) is 0. The molecule has 1 aliphatic carbocycles. The first-order valence-corrected chi connectivity index (χ1v) is 6.75. The fourth-order valence-electron chi connectivity index (χ4n) is 2.28. The van der Waals surface area contributed by atoms with E-state index in [4.69, 9.17) is 4.74 Å². The maximum Gasteiger partial charge on any atom is 0.0802 e. The lowest BCUT2D eigenvalue weighted by molar-refractivity contribution is -0.0695. The van der Waals surface area contributed by atoms with Gasteiger partial charge >= 0.3 is 0 Å². The van der Waals surface area contributed by atoms with Crippen molar-refractivity contribution in [1.82, 2.24) is 15.1 Å². The van der Waals surface area contributed by atoms with E-state index in [1.54, 1.807) is 0 Å². The monoisotopic (exact) mass is 251 g/mol. The molecule has 0 bridgehead atoms. The lowest BCUT2D eigenvalue weighted by Crippen LogP contribution is -2.47. The van der Waals surface area contributed by atoms with Crippen LogP contribution in [0.25, 0.3) is 0 Å². The normalized spacial score (nSPS) is 18.7. The summed E-state index contributed by atoms with van der Waals surface area (Å²) in [7, 11) is 1.82. The quantitative estimate of drug-likeness (QED) is 0.872. The minimum absolute atomic E-state index is 0.0555. The molecule has 18 heavy (non-hydrogen) atoms. The van der Waals surface area contributed by atoms with Crippen LogP contribution < -0.4 is 5.32 Å². The van der Waals surface area contributed by atoms with Crippen LogP contribution in [0.2, 0.25) is 0 Å². The number of hydrogen-bond acceptors (Lipinski definition) is 3. The zero-order chi connectivity index (χ0) is 13.2. The van der Waals surface area contributed by atoms with E-state index >= 15 is 0 Å². The van der Waals surface area contributed by atoms with Crippen molar-refractivity contribution >= 4 is 0 Å². The van der Waals surface area contributed by atoms with E-state index in [2.05, 4.69) is 37.4 Å². The molecule has 0 aromatic carbocycles. The van der Waals surface area contributed by atoms with Gasteiger partial charge in [-0.2, -0.15) is 5.10 Å². The van der Waals surface area contributed by atoms with Gasteiger partial charge in [-0.05, 0) is 40.0 Å². The van der Waals surface area contributed by atoms with E-state index in [1.165, 1.54) is 24.8 Å². The summed E-state index contributed by atoms with van der Waals surface area (Å²) in [5.41, 5.74) is 1.38. The predicted octanol–water partition coefficient (Wildman–Crippen LogP) is 2.30. The Morgan fingerprint density at radius 2 is 2.17 bits per heavy atom. The molecule has 0 unspecified atom stereocenters. The molecule has 0 spiro atoms. The van der Waals surface area contributed by atoms with Crippen molar-refractivity contribution in [3.8, 4) is 0 Å². The zero-order valence-electron chi connectivity index (χ0n) is 12.0. The van der Waals surface area contributed by atoms with Gasteiger partial charge in [0.1, 0.15) is 0 Å². The maximum atomic E-state index is 5.59. The Kier molecular flexibility index (Phi) is 3.78. The molecule has 4 nitrogen and oxygen atoms in total. The summed E-state index contributed by atoms with van der Waals surface area (Å²) in [5, 5.41) is 7.88. The van der Waals surface area contributed by atoms with Crippen molar-refractivity contribution in [2.75, 3.05) is 13.7 Å². The average molecular weight is 251 g/mol. The first-order chi connectivity index (χ1) is 8.45. The fourth-order valence-corrected chi connectivity index (χ4v) is 2.28. The van der Waals surface area contributed by atoms with Crippen LogP contribution >= 0.6 is 0 Å². The summed E-state index contributed by atoms with van der Waals surface area (Å²) < 4.78 is 7.60. The van der Waals surface area contributed by atoms with Gasteiger partial charge in [-0.25, -0.2) is 0 Å². The van der Waals surface area contributed by atoms with Crippen LogP contribution in [0.4, 0.5) is 0 Å². The molecule has 1 aromatic rings. The number of methoxy groups -OCH3 is 1. The van der Waals surface area contributed by atoms with Crippen LogP contribution in [0, 0.1) is 0 Å². The van der Waals surface area contributed by atoms with Gasteiger partial charge in [0, 0.05) is 32.0 Å². The molecule has 0 amide bonds. The highest BCUT2D eigenvalue weighted by molar-refractivity contribution is 5.05. The van der Waals surface area contributed by atoms with Crippen molar-refractivity contribution in [3.05, 3.63) is 18.0 Å². The molecule has 0 saturated heterocycles. The van der Waals surface area contributed by atoms with Crippen LogP contribution in [-0.2, 0) is 16.8 Å². The minimum Gasteiger partial charge on any atom is -0.377 e. The molecule has 1 N–H and O–H groups in total.